The average Bonchev–Trinajstić information content (AvgIpc) is 2.48. The average molecular weight is 287 g/mol. The zero-order valence-corrected chi connectivity index (χ0v) is 12.9. The first-order chi connectivity index (χ1) is 9.58. The number of aryl methyl sites for hydroxylation is 3. The number of halogens is 1. The van der Waals surface area contributed by atoms with E-state index in [9.17, 15) is 4.79 Å². The molecule has 0 aliphatic carbocycles. The second-order valence-corrected chi connectivity index (χ2v) is 5.34. The maximum absolute atomic E-state index is 12.8. The highest BCUT2D eigenvalue weighted by Gasteiger charge is 2.17. The van der Waals surface area contributed by atoms with Gasteiger partial charge in [-0.1, -0.05) is 49.7 Å². The van der Waals surface area contributed by atoms with Gasteiger partial charge in [0.25, 0.3) is 0 Å². The monoisotopic (exact) mass is 286 g/mol. The van der Waals surface area contributed by atoms with E-state index in [4.69, 9.17) is 11.6 Å². The minimum atomic E-state index is 0.0193. The lowest BCUT2D eigenvalue weighted by atomic mass is 9.94. The number of hydrogen-bond donors (Lipinski definition) is 0. The lowest BCUT2D eigenvalue weighted by Crippen LogP contribution is -2.07. The van der Waals surface area contributed by atoms with Gasteiger partial charge in [0.2, 0.25) is 0 Å². The number of carbonyl (C=O) groups excluding carboxylic acids is 1. The molecule has 2 aromatic rings. The first-order valence-corrected chi connectivity index (χ1v) is 7.37. The summed E-state index contributed by atoms with van der Waals surface area (Å²) in [6, 6.07) is 11.7. The molecule has 0 spiro atoms. The Morgan fingerprint density at radius 3 is 2.45 bits per heavy atom. The van der Waals surface area contributed by atoms with E-state index in [1.165, 1.54) is 5.56 Å². The molecular formula is C18H19ClO. The first kappa shape index (κ1) is 14.8. The van der Waals surface area contributed by atoms with E-state index in [0.717, 1.165) is 29.5 Å². The van der Waals surface area contributed by atoms with Crippen molar-refractivity contribution in [1.29, 1.82) is 0 Å². The van der Waals surface area contributed by atoms with E-state index in [1.54, 1.807) is 6.07 Å². The van der Waals surface area contributed by atoms with Gasteiger partial charge in [0.15, 0.2) is 5.78 Å². The third-order valence-electron chi connectivity index (χ3n) is 3.64. The maximum Gasteiger partial charge on any atom is 0.194 e. The number of ketones is 1. The van der Waals surface area contributed by atoms with Crippen LogP contribution in [-0.2, 0) is 12.8 Å². The van der Waals surface area contributed by atoms with Crippen molar-refractivity contribution in [3.63, 3.8) is 0 Å². The van der Waals surface area contributed by atoms with Crippen molar-refractivity contribution in [2.45, 2.75) is 33.6 Å². The van der Waals surface area contributed by atoms with E-state index < -0.39 is 0 Å². The summed E-state index contributed by atoms with van der Waals surface area (Å²) in [5, 5.41) is 0.557. The first-order valence-electron chi connectivity index (χ1n) is 7.00. The van der Waals surface area contributed by atoms with Crippen LogP contribution in [0.2, 0.25) is 5.02 Å². The molecule has 1 nitrogen and oxygen atoms in total. The third-order valence-corrected chi connectivity index (χ3v) is 4.15. The maximum atomic E-state index is 12.8. The van der Waals surface area contributed by atoms with Crippen LogP contribution in [0.25, 0.3) is 0 Å². The van der Waals surface area contributed by atoms with Gasteiger partial charge in [-0.05, 0) is 48.6 Å². The van der Waals surface area contributed by atoms with Crippen molar-refractivity contribution in [2.75, 3.05) is 0 Å². The molecule has 0 atom stereocenters. The van der Waals surface area contributed by atoms with Gasteiger partial charge in [0.1, 0.15) is 0 Å². The van der Waals surface area contributed by atoms with Gasteiger partial charge in [0.05, 0.1) is 5.02 Å². The second kappa shape index (κ2) is 6.23. The van der Waals surface area contributed by atoms with Gasteiger partial charge < -0.3 is 0 Å². The Morgan fingerprint density at radius 1 is 1.05 bits per heavy atom. The summed E-state index contributed by atoms with van der Waals surface area (Å²) in [7, 11) is 0. The summed E-state index contributed by atoms with van der Waals surface area (Å²) in [6.07, 6.45) is 1.76. The molecule has 104 valence electrons. The fraction of sp³-hybridized carbons (Fsp3) is 0.278. The second-order valence-electron chi connectivity index (χ2n) is 4.96. The zero-order valence-electron chi connectivity index (χ0n) is 12.2. The Morgan fingerprint density at radius 2 is 1.80 bits per heavy atom. The molecule has 2 aromatic carbocycles. The Labute approximate surface area is 125 Å². The predicted molar refractivity (Wildman–Crippen MR) is 84.8 cm³/mol. The van der Waals surface area contributed by atoms with E-state index in [1.807, 2.05) is 25.1 Å². The van der Waals surface area contributed by atoms with Gasteiger partial charge in [-0.25, -0.2) is 0 Å². The molecule has 0 aromatic heterocycles. The van der Waals surface area contributed by atoms with Gasteiger partial charge in [-0.15, -0.1) is 0 Å². The molecule has 0 bridgehead atoms. The van der Waals surface area contributed by atoms with Crippen LogP contribution in [0.1, 0.15) is 46.5 Å². The zero-order chi connectivity index (χ0) is 14.7. The highest BCUT2D eigenvalue weighted by molar-refractivity contribution is 6.35. The smallest absolute Gasteiger partial charge is 0.194 e. The molecule has 0 heterocycles. The van der Waals surface area contributed by atoms with Crippen LogP contribution < -0.4 is 0 Å². The summed E-state index contributed by atoms with van der Waals surface area (Å²) in [5.41, 5.74) is 4.55. The summed E-state index contributed by atoms with van der Waals surface area (Å²) in [5.74, 6) is 0.0193. The largest absolute Gasteiger partial charge is 0.289 e. The summed E-state index contributed by atoms with van der Waals surface area (Å²) < 4.78 is 0. The normalized spacial score (nSPS) is 10.6. The molecule has 0 amide bonds. The summed E-state index contributed by atoms with van der Waals surface area (Å²) >= 11 is 6.29. The quantitative estimate of drug-likeness (QED) is 0.723. The lowest BCUT2D eigenvalue weighted by molar-refractivity contribution is 0.103. The summed E-state index contributed by atoms with van der Waals surface area (Å²) in [6.45, 7) is 6.08. The molecule has 0 aliphatic heterocycles. The molecule has 2 heteroatoms. The molecule has 20 heavy (non-hydrogen) atoms. The number of carbonyl (C=O) groups is 1. The van der Waals surface area contributed by atoms with Gasteiger partial charge in [-0.2, -0.15) is 0 Å². The Balaban J connectivity index is 2.55. The van der Waals surface area contributed by atoms with Crippen LogP contribution in [-0.4, -0.2) is 5.78 Å². The van der Waals surface area contributed by atoms with Gasteiger partial charge in [-0.3, -0.25) is 4.79 Å². The van der Waals surface area contributed by atoms with E-state index >= 15 is 0 Å². The molecule has 2 rings (SSSR count). The topological polar surface area (TPSA) is 17.1 Å². The molecule has 0 unspecified atom stereocenters. The minimum absolute atomic E-state index is 0.0193. The van der Waals surface area contributed by atoms with Crippen LogP contribution in [0, 0.1) is 6.92 Å². The van der Waals surface area contributed by atoms with E-state index in [2.05, 4.69) is 26.0 Å². The Hall–Kier alpha value is -1.60. The molecular weight excluding hydrogens is 268 g/mol. The molecule has 0 fully saturated rings. The van der Waals surface area contributed by atoms with Crippen LogP contribution >= 0.6 is 11.6 Å². The fourth-order valence-corrected chi connectivity index (χ4v) is 2.54. The number of benzene rings is 2. The molecule has 0 saturated carbocycles. The van der Waals surface area contributed by atoms with Crippen LogP contribution in [0.4, 0.5) is 0 Å². The molecule has 0 N–H and O–H groups in total. The minimum Gasteiger partial charge on any atom is -0.289 e. The van der Waals surface area contributed by atoms with Crippen molar-refractivity contribution in [2.24, 2.45) is 0 Å². The fourth-order valence-electron chi connectivity index (χ4n) is 2.33. The van der Waals surface area contributed by atoms with E-state index in [-0.39, 0.29) is 5.78 Å². The highest BCUT2D eigenvalue weighted by atomic mass is 35.5. The number of hydrogen-bond acceptors (Lipinski definition) is 1. The SMILES string of the molecule is CCc1ccc(CC)c(C(=O)c2cccc(C)c2Cl)c1. The molecule has 0 radical (unpaired) electrons. The number of rotatable bonds is 4. The highest BCUT2D eigenvalue weighted by Crippen LogP contribution is 2.25. The van der Waals surface area contributed by atoms with Crippen LogP contribution in [0.5, 0.6) is 0 Å². The molecule has 0 saturated heterocycles. The van der Waals surface area contributed by atoms with Crippen molar-refractivity contribution in [3.8, 4) is 0 Å². The van der Waals surface area contributed by atoms with Crippen molar-refractivity contribution in [3.05, 3.63) is 69.2 Å². The lowest BCUT2D eigenvalue weighted by Gasteiger charge is -2.11. The van der Waals surface area contributed by atoms with Gasteiger partial charge in [0, 0.05) is 11.1 Å². The Kier molecular flexibility index (Phi) is 4.61. The predicted octanol–water partition coefficient (Wildman–Crippen LogP) is 5.00. The third kappa shape index (κ3) is 2.78. The van der Waals surface area contributed by atoms with Gasteiger partial charge >= 0.3 is 0 Å². The molecule has 0 aliphatic rings. The van der Waals surface area contributed by atoms with Crippen molar-refractivity contribution < 1.29 is 4.79 Å². The van der Waals surface area contributed by atoms with Crippen molar-refractivity contribution in [1.82, 2.24) is 0 Å². The van der Waals surface area contributed by atoms with E-state index in [0.29, 0.717) is 10.6 Å². The Bertz CT molecular complexity index is 644. The standard InChI is InChI=1S/C18H19ClO/c1-4-13-9-10-14(5-2)16(11-13)18(20)15-8-6-7-12(3)17(15)19/h6-11H,4-5H2,1-3H3. The van der Waals surface area contributed by atoms with Crippen LogP contribution in [0.15, 0.2) is 36.4 Å². The van der Waals surface area contributed by atoms with Crippen molar-refractivity contribution >= 4 is 17.4 Å². The summed E-state index contributed by atoms with van der Waals surface area (Å²) in [4.78, 5) is 12.8. The van der Waals surface area contributed by atoms with Crippen LogP contribution in [0.3, 0.4) is 0 Å².